The van der Waals surface area contributed by atoms with Crippen LogP contribution in [0.15, 0.2) is 0 Å². The molecule has 1 saturated carbocycles. The molecule has 104 valence electrons. The van der Waals surface area contributed by atoms with E-state index in [1.807, 2.05) is 0 Å². The van der Waals surface area contributed by atoms with Crippen LogP contribution in [-0.2, 0) is 0 Å². The highest BCUT2D eigenvalue weighted by atomic mass is 15.2. The van der Waals surface area contributed by atoms with Gasteiger partial charge in [0, 0.05) is 12.6 Å². The number of hydrogen-bond acceptors (Lipinski definition) is 3. The van der Waals surface area contributed by atoms with Crippen LogP contribution in [0.4, 0.5) is 0 Å². The topological polar surface area (TPSA) is 39.1 Å². The van der Waals surface area contributed by atoms with Crippen molar-refractivity contribution in [2.75, 3.05) is 19.6 Å². The molecule has 0 aromatic rings. The molecule has 1 aliphatic rings. The third kappa shape index (κ3) is 5.37. The van der Waals surface area contributed by atoms with Crippen molar-refractivity contribution in [3.63, 3.8) is 0 Å². The van der Waals surface area contributed by atoms with Gasteiger partial charge >= 0.3 is 0 Å². The van der Waals surface area contributed by atoms with Crippen LogP contribution in [0, 0.1) is 17.2 Å². The minimum atomic E-state index is -0.0113. The number of nitrogens with zero attached hydrogens (tertiary/aromatic N) is 2. The monoisotopic (exact) mass is 251 g/mol. The van der Waals surface area contributed by atoms with Crippen molar-refractivity contribution in [3.05, 3.63) is 0 Å². The summed E-state index contributed by atoms with van der Waals surface area (Å²) >= 11 is 0. The Bertz CT molecular complexity index is 251. The first-order chi connectivity index (χ1) is 8.67. The summed E-state index contributed by atoms with van der Waals surface area (Å²) in [5, 5.41) is 12.5. The predicted octanol–water partition coefficient (Wildman–Crippen LogP) is 2.78. The molecule has 18 heavy (non-hydrogen) atoms. The Kier molecular flexibility index (Phi) is 7.31. The molecule has 0 aromatic carbocycles. The molecule has 3 nitrogen and oxygen atoms in total. The molecule has 0 radical (unpaired) electrons. The lowest BCUT2D eigenvalue weighted by atomic mass is 10.1. The zero-order valence-electron chi connectivity index (χ0n) is 12.3. The summed E-state index contributed by atoms with van der Waals surface area (Å²) < 4.78 is 0. The molecule has 1 atom stereocenters. The van der Waals surface area contributed by atoms with Crippen LogP contribution in [0.5, 0.6) is 0 Å². The van der Waals surface area contributed by atoms with Gasteiger partial charge in [-0.2, -0.15) is 5.26 Å². The molecule has 3 heteroatoms. The Morgan fingerprint density at radius 1 is 1.33 bits per heavy atom. The fourth-order valence-corrected chi connectivity index (χ4v) is 2.75. The van der Waals surface area contributed by atoms with E-state index in [4.69, 9.17) is 0 Å². The third-order valence-electron chi connectivity index (χ3n) is 3.86. The third-order valence-corrected chi connectivity index (χ3v) is 3.86. The number of hydrogen-bond donors (Lipinski definition) is 1. The summed E-state index contributed by atoms with van der Waals surface area (Å²) in [6.07, 6.45) is 6.61. The van der Waals surface area contributed by atoms with Gasteiger partial charge in [-0.15, -0.1) is 0 Å². The average Bonchev–Trinajstić information content (AvgIpc) is 2.86. The Labute approximate surface area is 113 Å². The van der Waals surface area contributed by atoms with Gasteiger partial charge in [-0.05, 0) is 38.3 Å². The molecule has 0 aromatic heterocycles. The molecular formula is C15H29N3. The van der Waals surface area contributed by atoms with E-state index in [2.05, 4.69) is 37.1 Å². The molecule has 1 fully saturated rings. The van der Waals surface area contributed by atoms with E-state index in [1.165, 1.54) is 32.1 Å². The highest BCUT2D eigenvalue weighted by Crippen LogP contribution is 2.24. The van der Waals surface area contributed by atoms with Gasteiger partial charge in [0.1, 0.15) is 6.04 Å². The smallest absolute Gasteiger partial charge is 0.108 e. The second-order valence-corrected chi connectivity index (χ2v) is 5.86. The van der Waals surface area contributed by atoms with Crippen LogP contribution in [-0.4, -0.2) is 36.6 Å². The van der Waals surface area contributed by atoms with Gasteiger partial charge in [-0.25, -0.2) is 0 Å². The average molecular weight is 251 g/mol. The maximum Gasteiger partial charge on any atom is 0.108 e. The second-order valence-electron chi connectivity index (χ2n) is 5.86. The Balaban J connectivity index is 2.49. The first-order valence-corrected chi connectivity index (χ1v) is 7.54. The minimum Gasteiger partial charge on any atom is -0.301 e. The molecule has 0 heterocycles. The van der Waals surface area contributed by atoms with Gasteiger partial charge in [-0.3, -0.25) is 4.90 Å². The maximum absolute atomic E-state index is 9.19. The Morgan fingerprint density at radius 2 is 2.00 bits per heavy atom. The molecule has 1 N–H and O–H groups in total. The minimum absolute atomic E-state index is 0.0113. The SMILES string of the molecule is CCNC(C#N)CN(CCC(C)C)C1CCCC1. The first-order valence-electron chi connectivity index (χ1n) is 7.54. The van der Waals surface area contributed by atoms with Gasteiger partial charge in [0.15, 0.2) is 0 Å². The van der Waals surface area contributed by atoms with Crippen molar-refractivity contribution < 1.29 is 0 Å². The molecule has 0 spiro atoms. The molecule has 1 unspecified atom stereocenters. The van der Waals surface area contributed by atoms with Crippen molar-refractivity contribution in [3.8, 4) is 6.07 Å². The van der Waals surface area contributed by atoms with E-state index >= 15 is 0 Å². The van der Waals surface area contributed by atoms with E-state index in [9.17, 15) is 5.26 Å². The van der Waals surface area contributed by atoms with Crippen LogP contribution in [0.1, 0.15) is 52.9 Å². The number of rotatable bonds is 8. The van der Waals surface area contributed by atoms with Crippen LogP contribution in [0.25, 0.3) is 0 Å². The van der Waals surface area contributed by atoms with Crippen molar-refractivity contribution in [1.82, 2.24) is 10.2 Å². The van der Waals surface area contributed by atoms with Gasteiger partial charge in [0.25, 0.3) is 0 Å². The zero-order valence-corrected chi connectivity index (χ0v) is 12.3. The summed E-state index contributed by atoms with van der Waals surface area (Å²) in [5.74, 6) is 0.744. The fraction of sp³-hybridized carbons (Fsp3) is 0.933. The van der Waals surface area contributed by atoms with Crippen LogP contribution >= 0.6 is 0 Å². The quantitative estimate of drug-likeness (QED) is 0.721. The van der Waals surface area contributed by atoms with Crippen LogP contribution in [0.2, 0.25) is 0 Å². The fourth-order valence-electron chi connectivity index (χ4n) is 2.75. The Morgan fingerprint density at radius 3 is 2.50 bits per heavy atom. The summed E-state index contributed by atoms with van der Waals surface area (Å²) in [6.45, 7) is 9.53. The summed E-state index contributed by atoms with van der Waals surface area (Å²) in [4.78, 5) is 2.56. The summed E-state index contributed by atoms with van der Waals surface area (Å²) in [6, 6.07) is 3.10. The van der Waals surface area contributed by atoms with Crippen molar-refractivity contribution in [1.29, 1.82) is 5.26 Å². The number of likely N-dealkylation sites (N-methyl/N-ethyl adjacent to an activating group) is 1. The van der Waals surface area contributed by atoms with Crippen LogP contribution in [0.3, 0.4) is 0 Å². The summed E-state index contributed by atoms with van der Waals surface area (Å²) in [7, 11) is 0. The highest BCUT2D eigenvalue weighted by molar-refractivity contribution is 4.93. The van der Waals surface area contributed by atoms with E-state index < -0.39 is 0 Å². The number of nitriles is 1. The lowest BCUT2D eigenvalue weighted by Gasteiger charge is -2.31. The lowest BCUT2D eigenvalue weighted by molar-refractivity contribution is 0.179. The molecule has 0 aliphatic heterocycles. The van der Waals surface area contributed by atoms with E-state index in [-0.39, 0.29) is 6.04 Å². The highest BCUT2D eigenvalue weighted by Gasteiger charge is 2.24. The van der Waals surface area contributed by atoms with Crippen molar-refractivity contribution in [2.24, 2.45) is 5.92 Å². The Hall–Kier alpha value is -0.590. The van der Waals surface area contributed by atoms with E-state index in [0.717, 1.165) is 31.6 Å². The van der Waals surface area contributed by atoms with Gasteiger partial charge in [0.2, 0.25) is 0 Å². The predicted molar refractivity (Wildman–Crippen MR) is 76.4 cm³/mol. The molecule has 0 saturated heterocycles. The van der Waals surface area contributed by atoms with Gasteiger partial charge in [-0.1, -0.05) is 33.6 Å². The standard InChI is InChI=1S/C15H29N3/c1-4-17-14(11-16)12-18(10-9-13(2)3)15-7-5-6-8-15/h13-15,17H,4-10,12H2,1-3H3. The lowest BCUT2D eigenvalue weighted by Crippen LogP contribution is -2.44. The zero-order chi connectivity index (χ0) is 13.4. The normalized spacial score (nSPS) is 18.4. The summed E-state index contributed by atoms with van der Waals surface area (Å²) in [5.41, 5.74) is 0. The maximum atomic E-state index is 9.19. The van der Waals surface area contributed by atoms with Crippen molar-refractivity contribution >= 4 is 0 Å². The van der Waals surface area contributed by atoms with Crippen molar-refractivity contribution in [2.45, 2.75) is 65.0 Å². The second kappa shape index (κ2) is 8.50. The van der Waals surface area contributed by atoms with Gasteiger partial charge in [0.05, 0.1) is 6.07 Å². The molecular weight excluding hydrogens is 222 g/mol. The number of nitrogens with one attached hydrogen (secondary N) is 1. The largest absolute Gasteiger partial charge is 0.301 e. The van der Waals surface area contributed by atoms with Crippen LogP contribution < -0.4 is 5.32 Å². The van der Waals surface area contributed by atoms with Gasteiger partial charge < -0.3 is 5.32 Å². The molecule has 1 rings (SSSR count). The first kappa shape index (κ1) is 15.5. The van der Waals surface area contributed by atoms with E-state index in [1.54, 1.807) is 0 Å². The molecule has 0 amide bonds. The van der Waals surface area contributed by atoms with E-state index in [0.29, 0.717) is 0 Å². The molecule has 1 aliphatic carbocycles. The molecule has 0 bridgehead atoms.